The van der Waals surface area contributed by atoms with E-state index in [4.69, 9.17) is 4.74 Å². The second kappa shape index (κ2) is 13.2. The van der Waals surface area contributed by atoms with Crippen LogP contribution in [0.25, 0.3) is 0 Å². The Hall–Kier alpha value is -0.0400. The Bertz CT molecular complexity index is 279. The highest BCUT2D eigenvalue weighted by atomic mass is 16.5. The molecule has 0 aliphatic rings. The molecule has 0 amide bonds. The molecule has 6 unspecified atom stereocenters. The van der Waals surface area contributed by atoms with Crippen molar-refractivity contribution in [2.75, 3.05) is 0 Å². The van der Waals surface area contributed by atoms with E-state index in [9.17, 15) is 0 Å². The van der Waals surface area contributed by atoms with E-state index >= 15 is 0 Å². The summed E-state index contributed by atoms with van der Waals surface area (Å²) in [5.41, 5.74) is 0. The van der Waals surface area contributed by atoms with Crippen molar-refractivity contribution in [3.63, 3.8) is 0 Å². The zero-order chi connectivity index (χ0) is 19.6. The monoisotopic (exact) mass is 354 g/mol. The van der Waals surface area contributed by atoms with Crippen molar-refractivity contribution in [1.82, 2.24) is 0 Å². The molecule has 0 heterocycles. The van der Waals surface area contributed by atoms with Crippen LogP contribution < -0.4 is 0 Å². The van der Waals surface area contributed by atoms with Gasteiger partial charge in [0.05, 0.1) is 12.2 Å². The normalized spacial score (nSPS) is 19.7. The van der Waals surface area contributed by atoms with Gasteiger partial charge in [0.25, 0.3) is 0 Å². The van der Waals surface area contributed by atoms with Crippen LogP contribution in [0.15, 0.2) is 0 Å². The maximum Gasteiger partial charge on any atom is 0.0553 e. The molecule has 25 heavy (non-hydrogen) atoms. The summed E-state index contributed by atoms with van der Waals surface area (Å²) >= 11 is 0. The van der Waals surface area contributed by atoms with Crippen LogP contribution in [0.1, 0.15) is 108 Å². The molecule has 0 bridgehead atoms. The van der Waals surface area contributed by atoms with Crippen LogP contribution in [0.3, 0.4) is 0 Å². The zero-order valence-electron chi connectivity index (χ0n) is 19.3. The van der Waals surface area contributed by atoms with Crippen LogP contribution in [-0.4, -0.2) is 12.2 Å². The third-order valence-corrected chi connectivity index (χ3v) is 6.44. The molecule has 6 atom stereocenters. The van der Waals surface area contributed by atoms with Gasteiger partial charge in [0, 0.05) is 0 Å². The summed E-state index contributed by atoms with van der Waals surface area (Å²) in [4.78, 5) is 0. The highest BCUT2D eigenvalue weighted by Crippen LogP contribution is 2.25. The molecule has 0 aromatic heterocycles. The standard InChI is InChI=1S/C24H50O/c1-17(2)21(7)13-11-19(5)15-23(9)25-24(10)16-20(6)12-14-22(8)18(3)4/h17-24H,11-16H2,1-10H3. The second-order valence-electron chi connectivity index (χ2n) is 10.0. The van der Waals surface area contributed by atoms with E-state index in [-0.39, 0.29) is 0 Å². The van der Waals surface area contributed by atoms with E-state index in [0.717, 1.165) is 35.5 Å². The summed E-state index contributed by atoms with van der Waals surface area (Å²) in [6.45, 7) is 23.5. The van der Waals surface area contributed by atoms with Crippen LogP contribution in [0, 0.1) is 35.5 Å². The van der Waals surface area contributed by atoms with E-state index in [1.54, 1.807) is 0 Å². The van der Waals surface area contributed by atoms with Gasteiger partial charge in [-0.1, -0.05) is 81.1 Å². The van der Waals surface area contributed by atoms with Crippen molar-refractivity contribution in [3.05, 3.63) is 0 Å². The Morgan fingerprint density at radius 2 is 0.800 bits per heavy atom. The lowest BCUT2D eigenvalue weighted by Gasteiger charge is -2.25. The van der Waals surface area contributed by atoms with Gasteiger partial charge in [-0.15, -0.1) is 0 Å². The van der Waals surface area contributed by atoms with E-state index in [2.05, 4.69) is 69.2 Å². The Labute approximate surface area is 160 Å². The maximum atomic E-state index is 6.30. The SMILES string of the molecule is CC(CCC(C)C(C)C)CC(C)OC(C)CC(C)CCC(C)C(C)C. The second-order valence-corrected chi connectivity index (χ2v) is 10.0. The molecule has 0 radical (unpaired) electrons. The van der Waals surface area contributed by atoms with Gasteiger partial charge in [-0.05, 0) is 62.2 Å². The minimum absolute atomic E-state index is 0.390. The summed E-state index contributed by atoms with van der Waals surface area (Å²) < 4.78 is 6.30. The molecule has 1 heteroatoms. The van der Waals surface area contributed by atoms with Crippen molar-refractivity contribution in [2.24, 2.45) is 35.5 Å². The predicted octanol–water partition coefficient (Wildman–Crippen LogP) is 7.98. The van der Waals surface area contributed by atoms with Crippen molar-refractivity contribution in [1.29, 1.82) is 0 Å². The highest BCUT2D eigenvalue weighted by molar-refractivity contribution is 4.67. The van der Waals surface area contributed by atoms with Gasteiger partial charge in [-0.2, -0.15) is 0 Å². The third-order valence-electron chi connectivity index (χ3n) is 6.44. The summed E-state index contributed by atoms with van der Waals surface area (Å²) in [6.07, 6.45) is 8.57. The lowest BCUT2D eigenvalue weighted by Crippen LogP contribution is -2.22. The number of rotatable bonds is 14. The van der Waals surface area contributed by atoms with Crippen molar-refractivity contribution in [2.45, 2.75) is 120 Å². The first-order valence-electron chi connectivity index (χ1n) is 11.2. The Kier molecular flexibility index (Phi) is 13.2. The van der Waals surface area contributed by atoms with Gasteiger partial charge in [0.2, 0.25) is 0 Å². The topological polar surface area (TPSA) is 9.23 Å². The van der Waals surface area contributed by atoms with E-state index < -0.39 is 0 Å². The molecule has 0 saturated carbocycles. The molecule has 0 saturated heterocycles. The number of ether oxygens (including phenoxy) is 1. The maximum absolute atomic E-state index is 6.30. The molecule has 0 fully saturated rings. The minimum atomic E-state index is 0.390. The number of hydrogen-bond acceptors (Lipinski definition) is 1. The summed E-state index contributed by atoms with van der Waals surface area (Å²) in [5, 5.41) is 0. The quantitative estimate of drug-likeness (QED) is 0.307. The largest absolute Gasteiger partial charge is 0.376 e. The lowest BCUT2D eigenvalue weighted by molar-refractivity contribution is -0.0150. The average molecular weight is 355 g/mol. The van der Waals surface area contributed by atoms with Crippen molar-refractivity contribution >= 4 is 0 Å². The molecule has 0 aliphatic heterocycles. The third kappa shape index (κ3) is 12.9. The van der Waals surface area contributed by atoms with Gasteiger partial charge >= 0.3 is 0 Å². The van der Waals surface area contributed by atoms with E-state index in [1.165, 1.54) is 38.5 Å². The summed E-state index contributed by atoms with van der Waals surface area (Å²) in [5.74, 6) is 4.83. The molecule has 0 spiro atoms. The van der Waals surface area contributed by atoms with Crippen LogP contribution >= 0.6 is 0 Å². The fourth-order valence-electron chi connectivity index (χ4n) is 3.64. The molecule has 0 aromatic rings. The first kappa shape index (κ1) is 25.0. The predicted molar refractivity (Wildman–Crippen MR) is 114 cm³/mol. The van der Waals surface area contributed by atoms with Gasteiger partial charge in [-0.25, -0.2) is 0 Å². The average Bonchev–Trinajstić information content (AvgIpc) is 2.49. The van der Waals surface area contributed by atoms with Gasteiger partial charge in [-0.3, -0.25) is 0 Å². The van der Waals surface area contributed by atoms with Crippen LogP contribution in [0.5, 0.6) is 0 Å². The Morgan fingerprint density at radius 1 is 0.480 bits per heavy atom. The summed E-state index contributed by atoms with van der Waals surface area (Å²) in [7, 11) is 0. The fourth-order valence-corrected chi connectivity index (χ4v) is 3.64. The highest BCUT2D eigenvalue weighted by Gasteiger charge is 2.17. The van der Waals surface area contributed by atoms with Gasteiger partial charge < -0.3 is 4.74 Å². The Morgan fingerprint density at radius 3 is 1.08 bits per heavy atom. The molecule has 0 rings (SSSR count). The van der Waals surface area contributed by atoms with Gasteiger partial charge in [0.15, 0.2) is 0 Å². The first-order valence-corrected chi connectivity index (χ1v) is 11.2. The van der Waals surface area contributed by atoms with Crippen LogP contribution in [0.4, 0.5) is 0 Å². The minimum Gasteiger partial charge on any atom is -0.376 e. The molecule has 0 N–H and O–H groups in total. The lowest BCUT2D eigenvalue weighted by atomic mass is 9.88. The van der Waals surface area contributed by atoms with Crippen molar-refractivity contribution in [3.8, 4) is 0 Å². The smallest absolute Gasteiger partial charge is 0.0553 e. The molecular weight excluding hydrogens is 304 g/mol. The fraction of sp³-hybridized carbons (Fsp3) is 1.00. The van der Waals surface area contributed by atoms with Gasteiger partial charge in [0.1, 0.15) is 0 Å². The molecule has 0 aromatic carbocycles. The van der Waals surface area contributed by atoms with E-state index in [0.29, 0.717) is 12.2 Å². The Balaban J connectivity index is 3.98. The van der Waals surface area contributed by atoms with Crippen molar-refractivity contribution < 1.29 is 4.74 Å². The molecule has 0 aliphatic carbocycles. The number of hydrogen-bond donors (Lipinski definition) is 0. The molecule has 152 valence electrons. The summed E-state index contributed by atoms with van der Waals surface area (Å²) in [6, 6.07) is 0. The van der Waals surface area contributed by atoms with Crippen LogP contribution in [-0.2, 0) is 4.74 Å². The zero-order valence-corrected chi connectivity index (χ0v) is 19.3. The molecular formula is C24H50O. The molecule has 1 nitrogen and oxygen atoms in total. The van der Waals surface area contributed by atoms with E-state index in [1.807, 2.05) is 0 Å². The first-order chi connectivity index (χ1) is 11.5. The van der Waals surface area contributed by atoms with Crippen LogP contribution in [0.2, 0.25) is 0 Å².